The lowest BCUT2D eigenvalue weighted by atomic mass is 9.91. The normalized spacial score (nSPS) is 16.5. The van der Waals surface area contributed by atoms with Gasteiger partial charge in [0.25, 0.3) is 5.91 Å². The predicted molar refractivity (Wildman–Crippen MR) is 128 cm³/mol. The van der Waals surface area contributed by atoms with E-state index < -0.39 is 23.2 Å². The number of hydrogen-bond acceptors (Lipinski definition) is 3. The number of carbonyl (C=O) groups excluding carboxylic acids is 1. The van der Waals surface area contributed by atoms with E-state index >= 15 is 0 Å². The van der Waals surface area contributed by atoms with Crippen molar-refractivity contribution in [3.05, 3.63) is 99.6 Å². The van der Waals surface area contributed by atoms with Crippen molar-refractivity contribution in [1.82, 2.24) is 4.90 Å². The van der Waals surface area contributed by atoms with Gasteiger partial charge in [0.05, 0.1) is 11.4 Å². The molecule has 3 aromatic rings. The Morgan fingerprint density at radius 3 is 2.60 bits per heavy atom. The molecule has 0 aliphatic carbocycles. The summed E-state index contributed by atoms with van der Waals surface area (Å²) >= 11 is 5.78. The van der Waals surface area contributed by atoms with Gasteiger partial charge in [-0.15, -0.1) is 0 Å². The highest BCUT2D eigenvalue weighted by atomic mass is 35.5. The van der Waals surface area contributed by atoms with Crippen molar-refractivity contribution in [3.63, 3.8) is 0 Å². The Hall–Kier alpha value is -3.45. The van der Waals surface area contributed by atoms with Gasteiger partial charge in [-0.2, -0.15) is 0 Å². The first-order valence-electron chi connectivity index (χ1n) is 11.1. The Balaban J connectivity index is 1.53. The average molecular weight is 500 g/mol. The molecule has 1 atom stereocenters. The van der Waals surface area contributed by atoms with Crippen molar-refractivity contribution < 1.29 is 28.2 Å². The molecule has 1 unspecified atom stereocenters. The van der Waals surface area contributed by atoms with E-state index in [1.165, 1.54) is 29.2 Å². The average Bonchev–Trinajstić information content (AvgIpc) is 3.13. The van der Waals surface area contributed by atoms with Crippen LogP contribution >= 0.6 is 11.6 Å². The van der Waals surface area contributed by atoms with Crippen molar-refractivity contribution in [3.8, 4) is 5.75 Å². The first-order chi connectivity index (χ1) is 16.6. The fourth-order valence-electron chi connectivity index (χ4n) is 4.36. The Morgan fingerprint density at radius 1 is 1.09 bits per heavy atom. The molecule has 5 nitrogen and oxygen atoms in total. The van der Waals surface area contributed by atoms with Crippen LogP contribution in [0.1, 0.15) is 40.4 Å². The molecule has 182 valence electrons. The van der Waals surface area contributed by atoms with Gasteiger partial charge in [-0.25, -0.2) is 8.78 Å². The van der Waals surface area contributed by atoms with Crippen LogP contribution in [0.5, 0.6) is 5.75 Å². The summed E-state index contributed by atoms with van der Waals surface area (Å²) in [6.07, 6.45) is 0.723. The number of benzene rings is 3. The number of amides is 1. The third-order valence-corrected chi connectivity index (χ3v) is 6.24. The molecule has 1 heterocycles. The first-order valence-corrected chi connectivity index (χ1v) is 11.5. The molecular formula is C27H24ClF2NO4. The van der Waals surface area contributed by atoms with E-state index in [0.717, 1.165) is 11.1 Å². The topological polar surface area (TPSA) is 66.8 Å². The van der Waals surface area contributed by atoms with Gasteiger partial charge in [-0.1, -0.05) is 29.8 Å². The number of nitrogens with zero attached hydrogens (tertiary/aromatic N) is 1. The Kier molecular flexibility index (Phi) is 7.08. The van der Waals surface area contributed by atoms with E-state index in [0.29, 0.717) is 29.7 Å². The van der Waals surface area contributed by atoms with Gasteiger partial charge in [0.1, 0.15) is 23.0 Å². The van der Waals surface area contributed by atoms with Crippen LogP contribution in [0.15, 0.2) is 60.7 Å². The lowest BCUT2D eigenvalue weighted by Crippen LogP contribution is -2.33. The zero-order valence-electron chi connectivity index (χ0n) is 19.1. The summed E-state index contributed by atoms with van der Waals surface area (Å²) in [7, 11) is 0. The number of carbonyl (C=O) groups is 2. The van der Waals surface area contributed by atoms with Gasteiger partial charge >= 0.3 is 5.97 Å². The van der Waals surface area contributed by atoms with E-state index in [1.54, 1.807) is 36.4 Å². The molecule has 0 saturated carbocycles. The van der Waals surface area contributed by atoms with Crippen LogP contribution in [0.4, 0.5) is 8.78 Å². The van der Waals surface area contributed by atoms with E-state index in [9.17, 15) is 18.4 Å². The summed E-state index contributed by atoms with van der Waals surface area (Å²) in [5, 5.41) is 9.18. The molecule has 0 aromatic heterocycles. The first kappa shape index (κ1) is 24.7. The number of halogens is 3. The standard InChI is InChI=1S/C27H24ClF2NO4/c1-27(14-17-5-7-22(28)23(30)12-17)15-20-13-19(6-8-24(20)35-27)26(34)31(10-9-25(32)33)16-18-3-2-4-21(29)11-18/h2-8,11-13H,9-10,14-16H2,1H3,(H,32,33). The Morgan fingerprint density at radius 2 is 1.89 bits per heavy atom. The number of carboxylic acids is 1. The van der Waals surface area contributed by atoms with Gasteiger partial charge in [0.2, 0.25) is 0 Å². The van der Waals surface area contributed by atoms with E-state index in [4.69, 9.17) is 21.4 Å². The third-order valence-electron chi connectivity index (χ3n) is 5.94. The molecule has 0 bridgehead atoms. The van der Waals surface area contributed by atoms with Gasteiger partial charge in [0, 0.05) is 31.5 Å². The zero-order chi connectivity index (χ0) is 25.2. The van der Waals surface area contributed by atoms with Crippen molar-refractivity contribution in [1.29, 1.82) is 0 Å². The van der Waals surface area contributed by atoms with Crippen LogP contribution in [0.2, 0.25) is 5.02 Å². The maximum atomic E-state index is 13.9. The number of fused-ring (bicyclic) bond motifs is 1. The lowest BCUT2D eigenvalue weighted by molar-refractivity contribution is -0.137. The smallest absolute Gasteiger partial charge is 0.305 e. The van der Waals surface area contributed by atoms with Crippen LogP contribution in [0.25, 0.3) is 0 Å². The number of rotatable bonds is 8. The fourth-order valence-corrected chi connectivity index (χ4v) is 4.47. The molecule has 3 aromatic carbocycles. The summed E-state index contributed by atoms with van der Waals surface area (Å²) in [5.74, 6) is -1.66. The van der Waals surface area contributed by atoms with Crippen molar-refractivity contribution in [2.75, 3.05) is 6.54 Å². The van der Waals surface area contributed by atoms with Crippen molar-refractivity contribution in [2.24, 2.45) is 0 Å². The van der Waals surface area contributed by atoms with Gasteiger partial charge in [-0.05, 0) is 66.1 Å². The lowest BCUT2D eigenvalue weighted by Gasteiger charge is -2.24. The number of ether oxygens (including phenoxy) is 1. The van der Waals surface area contributed by atoms with E-state index in [2.05, 4.69) is 0 Å². The summed E-state index contributed by atoms with van der Waals surface area (Å²) in [5.41, 5.74) is 1.89. The maximum absolute atomic E-state index is 13.9. The van der Waals surface area contributed by atoms with Crippen LogP contribution in [-0.4, -0.2) is 34.0 Å². The molecule has 0 radical (unpaired) electrons. The molecule has 1 N–H and O–H groups in total. The molecule has 0 fully saturated rings. The molecule has 0 spiro atoms. The summed E-state index contributed by atoms with van der Waals surface area (Å²) in [4.78, 5) is 25.9. The molecule has 35 heavy (non-hydrogen) atoms. The second-order valence-corrected chi connectivity index (χ2v) is 9.38. The molecule has 1 aliphatic heterocycles. The highest BCUT2D eigenvalue weighted by molar-refractivity contribution is 6.30. The quantitative estimate of drug-likeness (QED) is 0.433. The SMILES string of the molecule is CC1(Cc2ccc(Cl)c(F)c2)Cc2cc(C(=O)N(CCC(=O)O)Cc3cccc(F)c3)ccc2O1. The minimum Gasteiger partial charge on any atom is -0.487 e. The highest BCUT2D eigenvalue weighted by Crippen LogP contribution is 2.38. The molecule has 1 amide bonds. The Labute approximate surface area is 206 Å². The number of hydrogen-bond donors (Lipinski definition) is 1. The Bertz CT molecular complexity index is 1280. The molecular weight excluding hydrogens is 476 g/mol. The second-order valence-electron chi connectivity index (χ2n) is 8.98. The van der Waals surface area contributed by atoms with Gasteiger partial charge in [-0.3, -0.25) is 9.59 Å². The van der Waals surface area contributed by atoms with Crippen LogP contribution in [0, 0.1) is 11.6 Å². The van der Waals surface area contributed by atoms with Crippen molar-refractivity contribution in [2.45, 2.75) is 38.3 Å². The maximum Gasteiger partial charge on any atom is 0.305 e. The summed E-state index contributed by atoms with van der Waals surface area (Å²) in [6, 6.07) is 15.6. The third kappa shape index (κ3) is 5.98. The largest absolute Gasteiger partial charge is 0.487 e. The van der Waals surface area contributed by atoms with Crippen LogP contribution in [0.3, 0.4) is 0 Å². The molecule has 0 saturated heterocycles. The number of carboxylic acid groups (broad SMARTS) is 1. The summed E-state index contributed by atoms with van der Waals surface area (Å²) in [6.45, 7) is 1.99. The summed E-state index contributed by atoms with van der Waals surface area (Å²) < 4.78 is 33.7. The minimum absolute atomic E-state index is 0.0158. The van der Waals surface area contributed by atoms with Gasteiger partial charge in [0.15, 0.2) is 0 Å². The molecule has 1 aliphatic rings. The molecule has 8 heteroatoms. The van der Waals surface area contributed by atoms with Gasteiger partial charge < -0.3 is 14.7 Å². The highest BCUT2D eigenvalue weighted by Gasteiger charge is 2.35. The second kappa shape index (κ2) is 10.0. The predicted octanol–water partition coefficient (Wildman–Crippen LogP) is 5.67. The van der Waals surface area contributed by atoms with Crippen LogP contribution < -0.4 is 4.74 Å². The monoisotopic (exact) mass is 499 g/mol. The van der Waals surface area contributed by atoms with E-state index in [-0.39, 0.29) is 30.4 Å². The van der Waals surface area contributed by atoms with Crippen molar-refractivity contribution >= 4 is 23.5 Å². The van der Waals surface area contributed by atoms with Crippen LogP contribution in [-0.2, 0) is 24.2 Å². The minimum atomic E-state index is -1.03. The van der Waals surface area contributed by atoms with E-state index in [1.807, 2.05) is 6.92 Å². The fraction of sp³-hybridized carbons (Fsp3) is 0.259. The number of aliphatic carboxylic acids is 1. The molecule has 4 rings (SSSR count). The zero-order valence-corrected chi connectivity index (χ0v) is 19.8.